The number of hydrogen-bond donors (Lipinski definition) is 1. The fraction of sp³-hybridized carbons (Fsp3) is 0.769. The van der Waals surface area contributed by atoms with Crippen LogP contribution < -0.4 is 0 Å². The second kappa shape index (κ2) is 5.69. The third kappa shape index (κ3) is 2.94. The van der Waals surface area contributed by atoms with Gasteiger partial charge in [0.2, 0.25) is 11.8 Å². The first-order chi connectivity index (χ1) is 9.09. The zero-order valence-corrected chi connectivity index (χ0v) is 11.6. The van der Waals surface area contributed by atoms with E-state index < -0.39 is 11.4 Å². The van der Waals surface area contributed by atoms with Crippen molar-refractivity contribution < 1.29 is 14.3 Å². The summed E-state index contributed by atoms with van der Waals surface area (Å²) in [4.78, 5) is 13.6. The quantitative estimate of drug-likeness (QED) is 0.874. The molecule has 6 heteroatoms. The largest absolute Gasteiger partial charge is 0.481 e. The van der Waals surface area contributed by atoms with E-state index in [1.165, 1.54) is 0 Å². The lowest BCUT2D eigenvalue weighted by Crippen LogP contribution is -2.47. The SMILES string of the molecule is CCc1nnc(CN2CCCC(CC)(C(=O)O)C2)o1. The standard InChI is InChI=1S/C13H21N3O3/c1-3-10-14-15-11(19-10)8-16-7-5-6-13(4-2,9-16)12(17)18/h3-9H2,1-2H3,(H,17,18). The molecule has 1 aliphatic rings. The molecular formula is C13H21N3O3. The molecule has 106 valence electrons. The Morgan fingerprint density at radius 2 is 2.16 bits per heavy atom. The van der Waals surface area contributed by atoms with Crippen molar-refractivity contribution in [2.45, 2.75) is 46.1 Å². The van der Waals surface area contributed by atoms with Gasteiger partial charge in [-0.2, -0.15) is 0 Å². The van der Waals surface area contributed by atoms with Gasteiger partial charge < -0.3 is 9.52 Å². The first kappa shape index (κ1) is 14.0. The van der Waals surface area contributed by atoms with Crippen LogP contribution >= 0.6 is 0 Å². The van der Waals surface area contributed by atoms with Crippen LogP contribution in [0.25, 0.3) is 0 Å². The number of piperidine rings is 1. The highest BCUT2D eigenvalue weighted by Crippen LogP contribution is 2.34. The number of hydrogen-bond acceptors (Lipinski definition) is 5. The Kier molecular flexibility index (Phi) is 4.19. The van der Waals surface area contributed by atoms with Crippen molar-refractivity contribution in [3.05, 3.63) is 11.8 Å². The van der Waals surface area contributed by atoms with Crippen molar-refractivity contribution in [2.75, 3.05) is 13.1 Å². The zero-order chi connectivity index (χ0) is 13.9. The molecule has 1 fully saturated rings. The molecular weight excluding hydrogens is 246 g/mol. The van der Waals surface area contributed by atoms with Crippen molar-refractivity contribution >= 4 is 5.97 Å². The van der Waals surface area contributed by atoms with E-state index in [1.54, 1.807) is 0 Å². The number of carboxylic acid groups (broad SMARTS) is 1. The van der Waals surface area contributed by atoms with Gasteiger partial charge in [-0.25, -0.2) is 0 Å². The summed E-state index contributed by atoms with van der Waals surface area (Å²) in [5.41, 5.74) is -0.619. The molecule has 19 heavy (non-hydrogen) atoms. The highest BCUT2D eigenvalue weighted by Gasteiger charge is 2.40. The molecule has 1 aromatic rings. The topological polar surface area (TPSA) is 79.5 Å². The van der Waals surface area contributed by atoms with E-state index in [0.29, 0.717) is 31.3 Å². The van der Waals surface area contributed by atoms with Gasteiger partial charge in [-0.1, -0.05) is 13.8 Å². The molecule has 0 saturated carbocycles. The summed E-state index contributed by atoms with van der Waals surface area (Å²) < 4.78 is 5.49. The second-order valence-corrected chi connectivity index (χ2v) is 5.20. The van der Waals surface area contributed by atoms with Crippen LogP contribution in [0.15, 0.2) is 4.42 Å². The van der Waals surface area contributed by atoms with Crippen LogP contribution in [-0.2, 0) is 17.8 Å². The van der Waals surface area contributed by atoms with Crippen LogP contribution in [0.5, 0.6) is 0 Å². The van der Waals surface area contributed by atoms with E-state index in [-0.39, 0.29) is 0 Å². The number of likely N-dealkylation sites (tertiary alicyclic amines) is 1. The minimum absolute atomic E-state index is 0.544. The molecule has 1 unspecified atom stereocenters. The lowest BCUT2D eigenvalue weighted by Gasteiger charge is -2.38. The van der Waals surface area contributed by atoms with E-state index in [9.17, 15) is 9.90 Å². The second-order valence-electron chi connectivity index (χ2n) is 5.20. The van der Waals surface area contributed by atoms with E-state index >= 15 is 0 Å². The average molecular weight is 267 g/mol. The number of aromatic nitrogens is 2. The molecule has 0 bridgehead atoms. The Bertz CT molecular complexity index is 446. The average Bonchev–Trinajstić information content (AvgIpc) is 2.86. The van der Waals surface area contributed by atoms with E-state index in [2.05, 4.69) is 15.1 Å². The monoisotopic (exact) mass is 267 g/mol. The van der Waals surface area contributed by atoms with Crippen molar-refractivity contribution in [1.82, 2.24) is 15.1 Å². The molecule has 1 N–H and O–H groups in total. The minimum atomic E-state index is -0.695. The zero-order valence-electron chi connectivity index (χ0n) is 11.6. The minimum Gasteiger partial charge on any atom is -0.481 e. The molecule has 0 aliphatic carbocycles. The Morgan fingerprint density at radius 1 is 1.42 bits per heavy atom. The Hall–Kier alpha value is -1.43. The predicted molar refractivity (Wildman–Crippen MR) is 68.5 cm³/mol. The fourth-order valence-electron chi connectivity index (χ4n) is 2.66. The van der Waals surface area contributed by atoms with Gasteiger partial charge in [0.15, 0.2) is 0 Å². The first-order valence-electron chi connectivity index (χ1n) is 6.86. The normalized spacial score (nSPS) is 24.5. The Morgan fingerprint density at radius 3 is 2.74 bits per heavy atom. The van der Waals surface area contributed by atoms with Gasteiger partial charge in [0, 0.05) is 13.0 Å². The molecule has 1 saturated heterocycles. The van der Waals surface area contributed by atoms with Crippen molar-refractivity contribution in [3.8, 4) is 0 Å². The van der Waals surface area contributed by atoms with Gasteiger partial charge >= 0.3 is 5.97 Å². The molecule has 0 aromatic carbocycles. The third-order valence-electron chi connectivity index (χ3n) is 3.96. The molecule has 0 amide bonds. The van der Waals surface area contributed by atoms with Crippen LogP contribution in [0.1, 0.15) is 44.9 Å². The highest BCUT2D eigenvalue weighted by atomic mass is 16.4. The summed E-state index contributed by atoms with van der Waals surface area (Å²) in [7, 11) is 0. The van der Waals surface area contributed by atoms with E-state index in [1.807, 2.05) is 13.8 Å². The van der Waals surface area contributed by atoms with Crippen LogP contribution in [0.4, 0.5) is 0 Å². The maximum Gasteiger partial charge on any atom is 0.310 e. The molecule has 1 aliphatic heterocycles. The van der Waals surface area contributed by atoms with Crippen LogP contribution in [0.2, 0.25) is 0 Å². The number of carbonyl (C=O) groups is 1. The molecule has 0 spiro atoms. The summed E-state index contributed by atoms with van der Waals surface area (Å²) >= 11 is 0. The van der Waals surface area contributed by atoms with Gasteiger partial charge in [-0.05, 0) is 25.8 Å². The fourth-order valence-corrected chi connectivity index (χ4v) is 2.66. The number of nitrogens with zero attached hydrogens (tertiary/aromatic N) is 3. The highest BCUT2D eigenvalue weighted by molar-refractivity contribution is 5.75. The van der Waals surface area contributed by atoms with Crippen molar-refractivity contribution in [2.24, 2.45) is 5.41 Å². The van der Waals surface area contributed by atoms with E-state index in [4.69, 9.17) is 4.42 Å². The molecule has 1 aromatic heterocycles. The Labute approximate surface area is 112 Å². The van der Waals surface area contributed by atoms with E-state index in [0.717, 1.165) is 25.8 Å². The van der Waals surface area contributed by atoms with Gasteiger partial charge in [0.25, 0.3) is 0 Å². The van der Waals surface area contributed by atoms with Crippen molar-refractivity contribution in [1.29, 1.82) is 0 Å². The van der Waals surface area contributed by atoms with Gasteiger partial charge in [0.1, 0.15) is 0 Å². The lowest BCUT2D eigenvalue weighted by atomic mass is 9.77. The molecule has 6 nitrogen and oxygen atoms in total. The van der Waals surface area contributed by atoms with Crippen LogP contribution in [-0.4, -0.2) is 39.3 Å². The molecule has 2 rings (SSSR count). The predicted octanol–water partition coefficient (Wildman–Crippen LogP) is 1.71. The van der Waals surface area contributed by atoms with Crippen LogP contribution in [0, 0.1) is 5.41 Å². The lowest BCUT2D eigenvalue weighted by molar-refractivity contribution is -0.153. The molecule has 0 radical (unpaired) electrons. The summed E-state index contributed by atoms with van der Waals surface area (Å²) in [6, 6.07) is 0. The van der Waals surface area contributed by atoms with Gasteiger partial charge in [-0.3, -0.25) is 9.69 Å². The smallest absolute Gasteiger partial charge is 0.310 e. The third-order valence-corrected chi connectivity index (χ3v) is 3.96. The first-order valence-corrected chi connectivity index (χ1v) is 6.86. The number of aryl methyl sites for hydroxylation is 1. The molecule has 1 atom stereocenters. The number of aliphatic carboxylic acids is 1. The number of carboxylic acids is 1. The summed E-state index contributed by atoms with van der Waals surface area (Å²) in [6.45, 7) is 5.90. The summed E-state index contributed by atoms with van der Waals surface area (Å²) in [6.07, 6.45) is 3.03. The number of rotatable bonds is 5. The molecule has 2 heterocycles. The maximum atomic E-state index is 11.5. The summed E-state index contributed by atoms with van der Waals surface area (Å²) in [5.74, 6) is 0.514. The van der Waals surface area contributed by atoms with Crippen molar-refractivity contribution in [3.63, 3.8) is 0 Å². The van der Waals surface area contributed by atoms with Gasteiger partial charge in [-0.15, -0.1) is 10.2 Å². The Balaban J connectivity index is 2.03. The van der Waals surface area contributed by atoms with Gasteiger partial charge in [0.05, 0.1) is 12.0 Å². The maximum absolute atomic E-state index is 11.5. The summed E-state index contributed by atoms with van der Waals surface area (Å²) in [5, 5.41) is 17.4. The van der Waals surface area contributed by atoms with Crippen LogP contribution in [0.3, 0.4) is 0 Å².